The van der Waals surface area contributed by atoms with Gasteiger partial charge in [0.25, 0.3) is 0 Å². The van der Waals surface area contributed by atoms with Crippen LogP contribution in [0.1, 0.15) is 30.2 Å². The maximum atomic E-state index is 5.63. The van der Waals surface area contributed by atoms with E-state index in [4.69, 9.17) is 19.0 Å². The molecule has 0 amide bonds. The minimum Gasteiger partial charge on any atom is -0.454 e. The summed E-state index contributed by atoms with van der Waals surface area (Å²) in [6.07, 6.45) is 1.83. The Bertz CT molecular complexity index is 1180. The van der Waals surface area contributed by atoms with Crippen molar-refractivity contribution in [3.8, 4) is 34.0 Å². The maximum Gasteiger partial charge on any atom is 0.249 e. The first kappa shape index (κ1) is 17.5. The first-order valence-electron chi connectivity index (χ1n) is 9.45. The summed E-state index contributed by atoms with van der Waals surface area (Å²) in [6, 6.07) is 14.0. The van der Waals surface area contributed by atoms with E-state index >= 15 is 0 Å². The normalized spacial score (nSPS) is 13.6. The van der Waals surface area contributed by atoms with E-state index in [1.807, 2.05) is 50.5 Å². The molecule has 0 saturated carbocycles. The molecule has 1 atom stereocenters. The van der Waals surface area contributed by atoms with E-state index in [2.05, 4.69) is 33.8 Å². The van der Waals surface area contributed by atoms with Gasteiger partial charge in [0, 0.05) is 11.1 Å². The van der Waals surface area contributed by atoms with Gasteiger partial charge in [0.2, 0.25) is 12.7 Å². The van der Waals surface area contributed by atoms with Crippen molar-refractivity contribution in [1.29, 1.82) is 0 Å². The van der Waals surface area contributed by atoms with Gasteiger partial charge in [-0.3, -0.25) is 0 Å². The molecule has 2 aromatic carbocycles. The summed E-state index contributed by atoms with van der Waals surface area (Å²) in [5, 5.41) is 3.94. The fourth-order valence-electron chi connectivity index (χ4n) is 3.63. The summed E-state index contributed by atoms with van der Waals surface area (Å²) < 4.78 is 18.7. The lowest BCUT2D eigenvalue weighted by atomic mass is 9.99. The van der Waals surface area contributed by atoms with Crippen LogP contribution >= 0.6 is 0 Å². The molecule has 0 N–H and O–H groups in total. The standard InChI is InChI=1S/C22H20N4O3/c1-13-9-18-19(28-12-27-18)10-17(13)21-20(16-7-5-4-6-8-16)23-11-26(21)14(2)22-24-15(3)25-29-22/h4-11,14H,12H2,1-3H3/t14-/m1/s1. The number of hydrogen-bond acceptors (Lipinski definition) is 6. The van der Waals surface area contributed by atoms with Gasteiger partial charge in [-0.15, -0.1) is 0 Å². The Hall–Kier alpha value is -3.61. The Morgan fingerprint density at radius 2 is 1.79 bits per heavy atom. The third kappa shape index (κ3) is 2.95. The van der Waals surface area contributed by atoms with Crippen LogP contribution in [-0.4, -0.2) is 26.5 Å². The Morgan fingerprint density at radius 1 is 1.03 bits per heavy atom. The smallest absolute Gasteiger partial charge is 0.249 e. The van der Waals surface area contributed by atoms with Gasteiger partial charge in [0.05, 0.1) is 17.7 Å². The Kier molecular flexibility index (Phi) is 4.08. The molecule has 1 aliphatic rings. The molecule has 7 heteroatoms. The second-order valence-corrected chi connectivity index (χ2v) is 7.09. The van der Waals surface area contributed by atoms with Crippen molar-refractivity contribution >= 4 is 0 Å². The average molecular weight is 388 g/mol. The molecule has 0 fully saturated rings. The van der Waals surface area contributed by atoms with Gasteiger partial charge >= 0.3 is 0 Å². The molecule has 0 bridgehead atoms. The van der Waals surface area contributed by atoms with Crippen LogP contribution in [0.3, 0.4) is 0 Å². The maximum absolute atomic E-state index is 5.63. The summed E-state index contributed by atoms with van der Waals surface area (Å²) in [5.74, 6) is 2.65. The molecule has 0 saturated heterocycles. The topological polar surface area (TPSA) is 75.2 Å². The molecule has 4 aromatic rings. The monoisotopic (exact) mass is 388 g/mol. The van der Waals surface area contributed by atoms with Crippen LogP contribution in [0.15, 0.2) is 53.3 Å². The van der Waals surface area contributed by atoms with Crippen molar-refractivity contribution in [2.45, 2.75) is 26.8 Å². The number of imidazole rings is 1. The van der Waals surface area contributed by atoms with E-state index in [0.717, 1.165) is 39.6 Å². The molecule has 0 unspecified atom stereocenters. The number of aromatic nitrogens is 4. The van der Waals surface area contributed by atoms with Crippen LogP contribution in [0.2, 0.25) is 0 Å². The molecule has 0 radical (unpaired) electrons. The van der Waals surface area contributed by atoms with Crippen molar-refractivity contribution in [3.05, 3.63) is 66.1 Å². The van der Waals surface area contributed by atoms with Crippen LogP contribution in [0.5, 0.6) is 11.5 Å². The highest BCUT2D eigenvalue weighted by molar-refractivity contribution is 5.82. The highest BCUT2D eigenvalue weighted by Crippen LogP contribution is 2.42. The molecule has 2 aromatic heterocycles. The summed E-state index contributed by atoms with van der Waals surface area (Å²) in [7, 11) is 0. The second kappa shape index (κ2) is 6.77. The first-order valence-corrected chi connectivity index (χ1v) is 9.45. The van der Waals surface area contributed by atoms with Gasteiger partial charge in [0.15, 0.2) is 17.3 Å². The van der Waals surface area contributed by atoms with E-state index in [1.165, 1.54) is 0 Å². The summed E-state index contributed by atoms with van der Waals surface area (Å²) >= 11 is 0. The van der Waals surface area contributed by atoms with Gasteiger partial charge in [-0.2, -0.15) is 4.98 Å². The SMILES string of the molecule is Cc1noc([C@@H](C)n2cnc(-c3ccccc3)c2-c2cc3c(cc2C)OCO3)n1. The lowest BCUT2D eigenvalue weighted by Crippen LogP contribution is -2.08. The number of aryl methyl sites for hydroxylation is 2. The number of fused-ring (bicyclic) bond motifs is 1. The Balaban J connectivity index is 1.73. The zero-order chi connectivity index (χ0) is 20.0. The van der Waals surface area contributed by atoms with Crippen molar-refractivity contribution in [3.63, 3.8) is 0 Å². The number of nitrogens with zero attached hydrogens (tertiary/aromatic N) is 4. The van der Waals surface area contributed by atoms with E-state index < -0.39 is 0 Å². The van der Waals surface area contributed by atoms with Crippen molar-refractivity contribution in [2.75, 3.05) is 6.79 Å². The van der Waals surface area contributed by atoms with Gasteiger partial charge in [-0.05, 0) is 38.5 Å². The molecule has 0 spiro atoms. The van der Waals surface area contributed by atoms with E-state index in [1.54, 1.807) is 0 Å². The van der Waals surface area contributed by atoms with Gasteiger partial charge < -0.3 is 18.6 Å². The highest BCUT2D eigenvalue weighted by Gasteiger charge is 2.25. The molecule has 146 valence electrons. The largest absolute Gasteiger partial charge is 0.454 e. The minimum atomic E-state index is -0.180. The third-order valence-electron chi connectivity index (χ3n) is 5.13. The van der Waals surface area contributed by atoms with Crippen LogP contribution in [0, 0.1) is 13.8 Å². The predicted molar refractivity (Wildman–Crippen MR) is 107 cm³/mol. The molecule has 3 heterocycles. The number of benzene rings is 2. The molecular formula is C22H20N4O3. The zero-order valence-electron chi connectivity index (χ0n) is 16.4. The molecular weight excluding hydrogens is 368 g/mol. The fourth-order valence-corrected chi connectivity index (χ4v) is 3.63. The van der Waals surface area contributed by atoms with Crippen LogP contribution in [-0.2, 0) is 0 Å². The summed E-state index contributed by atoms with van der Waals surface area (Å²) in [4.78, 5) is 9.16. The van der Waals surface area contributed by atoms with Crippen molar-refractivity contribution in [2.24, 2.45) is 0 Å². The van der Waals surface area contributed by atoms with Crippen molar-refractivity contribution in [1.82, 2.24) is 19.7 Å². The van der Waals surface area contributed by atoms with Gasteiger partial charge in [-0.1, -0.05) is 35.5 Å². The van der Waals surface area contributed by atoms with E-state index in [9.17, 15) is 0 Å². The lowest BCUT2D eigenvalue weighted by Gasteiger charge is -2.16. The van der Waals surface area contributed by atoms with Gasteiger partial charge in [0.1, 0.15) is 6.04 Å². The van der Waals surface area contributed by atoms with Crippen LogP contribution in [0.4, 0.5) is 0 Å². The van der Waals surface area contributed by atoms with E-state index in [-0.39, 0.29) is 12.8 Å². The summed E-state index contributed by atoms with van der Waals surface area (Å²) in [6.45, 7) is 6.13. The molecule has 7 nitrogen and oxygen atoms in total. The van der Waals surface area contributed by atoms with Crippen LogP contribution in [0.25, 0.3) is 22.5 Å². The second-order valence-electron chi connectivity index (χ2n) is 7.09. The predicted octanol–water partition coefficient (Wildman–Crippen LogP) is 4.55. The fraction of sp³-hybridized carbons (Fsp3) is 0.227. The molecule has 1 aliphatic heterocycles. The third-order valence-corrected chi connectivity index (χ3v) is 5.13. The quantitative estimate of drug-likeness (QED) is 0.510. The Morgan fingerprint density at radius 3 is 2.52 bits per heavy atom. The average Bonchev–Trinajstić information content (AvgIpc) is 3.46. The zero-order valence-corrected chi connectivity index (χ0v) is 16.4. The number of ether oxygens (including phenoxy) is 2. The Labute approximate surface area is 167 Å². The van der Waals surface area contributed by atoms with E-state index in [0.29, 0.717) is 11.7 Å². The molecule has 5 rings (SSSR count). The minimum absolute atomic E-state index is 0.180. The van der Waals surface area contributed by atoms with Gasteiger partial charge in [-0.25, -0.2) is 4.98 Å². The number of rotatable bonds is 4. The lowest BCUT2D eigenvalue weighted by molar-refractivity contribution is 0.174. The first-order chi connectivity index (χ1) is 14.1. The summed E-state index contributed by atoms with van der Waals surface area (Å²) in [5.41, 5.74) is 4.98. The molecule has 0 aliphatic carbocycles. The molecule has 29 heavy (non-hydrogen) atoms. The van der Waals surface area contributed by atoms with Crippen molar-refractivity contribution < 1.29 is 14.0 Å². The highest BCUT2D eigenvalue weighted by atomic mass is 16.7. The number of hydrogen-bond donors (Lipinski definition) is 0. The van der Waals surface area contributed by atoms with Crippen LogP contribution < -0.4 is 9.47 Å².